The maximum Gasteiger partial charge on any atom is 0.159 e. The first-order valence-corrected chi connectivity index (χ1v) is 4.18. The first-order valence-electron chi connectivity index (χ1n) is 3.65. The normalized spacial score (nSPS) is 10.8. The van der Waals surface area contributed by atoms with Crippen LogP contribution < -0.4 is 0 Å². The molecule has 0 aliphatic heterocycles. The lowest BCUT2D eigenvalue weighted by atomic mass is 10.4. The standard InChI is InChI=1S/C8H8ClN3/c1-12-7(5-9)11-6-3-2-4-10-8(6)12/h2-4H,5H2,1H3. The third-order valence-electron chi connectivity index (χ3n) is 1.84. The van der Waals surface area contributed by atoms with Gasteiger partial charge in [0.1, 0.15) is 11.3 Å². The van der Waals surface area contributed by atoms with E-state index in [0.717, 1.165) is 17.0 Å². The highest BCUT2D eigenvalue weighted by Gasteiger charge is 2.05. The van der Waals surface area contributed by atoms with Crippen LogP contribution >= 0.6 is 11.6 Å². The van der Waals surface area contributed by atoms with E-state index in [1.54, 1.807) is 6.20 Å². The van der Waals surface area contributed by atoms with Crippen molar-refractivity contribution in [1.82, 2.24) is 14.5 Å². The van der Waals surface area contributed by atoms with Crippen LogP contribution in [0, 0.1) is 0 Å². The molecule has 0 N–H and O–H groups in total. The molecule has 3 nitrogen and oxygen atoms in total. The van der Waals surface area contributed by atoms with E-state index in [1.807, 2.05) is 23.7 Å². The van der Waals surface area contributed by atoms with Gasteiger partial charge >= 0.3 is 0 Å². The van der Waals surface area contributed by atoms with Crippen molar-refractivity contribution >= 4 is 22.8 Å². The van der Waals surface area contributed by atoms with Crippen LogP contribution in [0.15, 0.2) is 18.3 Å². The largest absolute Gasteiger partial charge is 0.315 e. The Morgan fingerprint density at radius 2 is 2.42 bits per heavy atom. The van der Waals surface area contributed by atoms with Gasteiger partial charge in [-0.2, -0.15) is 0 Å². The highest BCUT2D eigenvalue weighted by atomic mass is 35.5. The van der Waals surface area contributed by atoms with Crippen molar-refractivity contribution in [3.63, 3.8) is 0 Å². The molecular formula is C8H8ClN3. The fourth-order valence-corrected chi connectivity index (χ4v) is 1.43. The molecule has 0 unspecified atom stereocenters. The van der Waals surface area contributed by atoms with Gasteiger partial charge in [-0.15, -0.1) is 11.6 Å². The molecule has 2 aromatic heterocycles. The fraction of sp³-hybridized carbons (Fsp3) is 0.250. The summed E-state index contributed by atoms with van der Waals surface area (Å²) in [4.78, 5) is 8.49. The second-order valence-electron chi connectivity index (χ2n) is 2.57. The molecule has 0 aliphatic rings. The lowest BCUT2D eigenvalue weighted by Crippen LogP contribution is -1.94. The van der Waals surface area contributed by atoms with Crippen LogP contribution in [0.2, 0.25) is 0 Å². The molecule has 0 aliphatic carbocycles. The Labute approximate surface area is 75.0 Å². The summed E-state index contributed by atoms with van der Waals surface area (Å²) in [6, 6.07) is 3.80. The molecule has 4 heteroatoms. The number of aromatic nitrogens is 3. The molecule has 0 radical (unpaired) electrons. The Kier molecular flexibility index (Phi) is 1.73. The van der Waals surface area contributed by atoms with Crippen molar-refractivity contribution in [2.75, 3.05) is 0 Å². The summed E-state index contributed by atoms with van der Waals surface area (Å²) in [6.07, 6.45) is 1.75. The Bertz CT molecular complexity index is 408. The molecule has 2 rings (SSSR count). The Hall–Kier alpha value is -1.09. The smallest absolute Gasteiger partial charge is 0.159 e. The summed E-state index contributed by atoms with van der Waals surface area (Å²) < 4.78 is 1.91. The Balaban J connectivity index is 2.78. The van der Waals surface area contributed by atoms with Gasteiger partial charge in [-0.3, -0.25) is 0 Å². The average molecular weight is 182 g/mol. The molecule has 2 aromatic rings. The molecular weight excluding hydrogens is 174 g/mol. The van der Waals surface area contributed by atoms with Crippen LogP contribution in [0.25, 0.3) is 11.2 Å². The lowest BCUT2D eigenvalue weighted by Gasteiger charge is -1.94. The minimum absolute atomic E-state index is 0.423. The van der Waals surface area contributed by atoms with E-state index in [2.05, 4.69) is 9.97 Å². The van der Waals surface area contributed by atoms with E-state index in [4.69, 9.17) is 11.6 Å². The number of alkyl halides is 1. The first kappa shape index (κ1) is 7.55. The molecule has 0 bridgehead atoms. The van der Waals surface area contributed by atoms with E-state index in [0.29, 0.717) is 5.88 Å². The molecule has 62 valence electrons. The van der Waals surface area contributed by atoms with Crippen molar-refractivity contribution in [2.24, 2.45) is 7.05 Å². The molecule has 0 saturated heterocycles. The van der Waals surface area contributed by atoms with Crippen LogP contribution in [0.3, 0.4) is 0 Å². The quantitative estimate of drug-likeness (QED) is 0.627. The van der Waals surface area contributed by atoms with Crippen LogP contribution in [-0.4, -0.2) is 14.5 Å². The molecule has 0 spiro atoms. The van der Waals surface area contributed by atoms with Crippen molar-refractivity contribution in [3.8, 4) is 0 Å². The Morgan fingerprint density at radius 1 is 1.58 bits per heavy atom. The average Bonchev–Trinajstić information content (AvgIpc) is 2.44. The molecule has 0 saturated carbocycles. The first-order chi connectivity index (χ1) is 5.83. The van der Waals surface area contributed by atoms with E-state index in [-0.39, 0.29) is 0 Å². The molecule has 2 heterocycles. The van der Waals surface area contributed by atoms with E-state index in [1.165, 1.54) is 0 Å². The van der Waals surface area contributed by atoms with Gasteiger partial charge < -0.3 is 4.57 Å². The number of rotatable bonds is 1. The monoisotopic (exact) mass is 181 g/mol. The van der Waals surface area contributed by atoms with Gasteiger partial charge in [-0.05, 0) is 12.1 Å². The summed E-state index contributed by atoms with van der Waals surface area (Å²) in [5.41, 5.74) is 1.78. The maximum atomic E-state index is 5.69. The van der Waals surface area contributed by atoms with Gasteiger partial charge in [0.2, 0.25) is 0 Å². The molecule has 12 heavy (non-hydrogen) atoms. The van der Waals surface area contributed by atoms with Crippen molar-refractivity contribution < 1.29 is 0 Å². The molecule has 0 atom stereocenters. The zero-order chi connectivity index (χ0) is 8.55. The van der Waals surface area contributed by atoms with Crippen molar-refractivity contribution in [3.05, 3.63) is 24.2 Å². The second-order valence-corrected chi connectivity index (χ2v) is 2.83. The van der Waals surface area contributed by atoms with E-state index in [9.17, 15) is 0 Å². The highest BCUT2D eigenvalue weighted by molar-refractivity contribution is 6.16. The number of hydrogen-bond donors (Lipinski definition) is 0. The van der Waals surface area contributed by atoms with Gasteiger partial charge in [-0.25, -0.2) is 9.97 Å². The number of imidazole rings is 1. The summed E-state index contributed by atoms with van der Waals surface area (Å²) in [5, 5.41) is 0. The van der Waals surface area contributed by atoms with Crippen LogP contribution in [0.5, 0.6) is 0 Å². The number of pyridine rings is 1. The summed E-state index contributed by atoms with van der Waals surface area (Å²) in [5.74, 6) is 1.28. The zero-order valence-electron chi connectivity index (χ0n) is 6.66. The fourth-order valence-electron chi connectivity index (χ4n) is 1.19. The summed E-state index contributed by atoms with van der Waals surface area (Å²) >= 11 is 5.69. The SMILES string of the molecule is Cn1c(CCl)nc2cccnc21. The third-order valence-corrected chi connectivity index (χ3v) is 2.08. The van der Waals surface area contributed by atoms with Gasteiger partial charge in [0, 0.05) is 13.2 Å². The van der Waals surface area contributed by atoms with Gasteiger partial charge in [0.25, 0.3) is 0 Å². The van der Waals surface area contributed by atoms with Gasteiger partial charge in [0.05, 0.1) is 5.88 Å². The number of fused-ring (bicyclic) bond motifs is 1. The number of hydrogen-bond acceptors (Lipinski definition) is 2. The molecule has 0 aromatic carbocycles. The van der Waals surface area contributed by atoms with Crippen LogP contribution in [-0.2, 0) is 12.9 Å². The van der Waals surface area contributed by atoms with Crippen molar-refractivity contribution in [1.29, 1.82) is 0 Å². The second kappa shape index (κ2) is 2.75. The topological polar surface area (TPSA) is 30.7 Å². The predicted molar refractivity (Wildman–Crippen MR) is 48.1 cm³/mol. The van der Waals surface area contributed by atoms with Gasteiger partial charge in [-0.1, -0.05) is 0 Å². The maximum absolute atomic E-state index is 5.69. The minimum atomic E-state index is 0.423. The zero-order valence-corrected chi connectivity index (χ0v) is 7.41. The summed E-state index contributed by atoms with van der Waals surface area (Å²) in [6.45, 7) is 0. The van der Waals surface area contributed by atoms with Crippen LogP contribution in [0.1, 0.15) is 5.82 Å². The van der Waals surface area contributed by atoms with Crippen molar-refractivity contribution in [2.45, 2.75) is 5.88 Å². The number of aryl methyl sites for hydroxylation is 1. The van der Waals surface area contributed by atoms with E-state index < -0.39 is 0 Å². The third kappa shape index (κ3) is 0.975. The summed E-state index contributed by atoms with van der Waals surface area (Å²) in [7, 11) is 1.92. The van der Waals surface area contributed by atoms with Crippen LogP contribution in [0.4, 0.5) is 0 Å². The lowest BCUT2D eigenvalue weighted by molar-refractivity contribution is 0.863. The van der Waals surface area contributed by atoms with E-state index >= 15 is 0 Å². The molecule has 0 fully saturated rings. The predicted octanol–water partition coefficient (Wildman–Crippen LogP) is 1.71. The molecule has 0 amide bonds. The number of nitrogens with zero attached hydrogens (tertiary/aromatic N) is 3. The number of halogens is 1. The minimum Gasteiger partial charge on any atom is -0.315 e. The van der Waals surface area contributed by atoms with Gasteiger partial charge in [0.15, 0.2) is 5.65 Å². The highest BCUT2D eigenvalue weighted by Crippen LogP contribution is 2.12. The Morgan fingerprint density at radius 3 is 3.08 bits per heavy atom.